The van der Waals surface area contributed by atoms with Crippen molar-refractivity contribution in [3.05, 3.63) is 77.4 Å². The fourth-order valence-electron chi connectivity index (χ4n) is 3.33. The number of carbonyl (C=O) groups excluding carboxylic acids is 1. The van der Waals surface area contributed by atoms with Gasteiger partial charge < -0.3 is 4.90 Å². The Morgan fingerprint density at radius 2 is 1.80 bits per heavy atom. The van der Waals surface area contributed by atoms with Crippen molar-refractivity contribution in [3.8, 4) is 5.69 Å². The van der Waals surface area contributed by atoms with E-state index >= 15 is 0 Å². The first kappa shape index (κ1) is 15.6. The highest BCUT2D eigenvalue weighted by atomic mass is 19.1. The Bertz CT molecular complexity index is 916. The first-order chi connectivity index (χ1) is 12.1. The van der Waals surface area contributed by atoms with Crippen LogP contribution in [-0.4, -0.2) is 22.7 Å². The summed E-state index contributed by atoms with van der Waals surface area (Å²) in [5, 5.41) is 4.58. The monoisotopic (exact) mass is 335 g/mol. The summed E-state index contributed by atoms with van der Waals surface area (Å²) in [6.45, 7) is 0. The minimum absolute atomic E-state index is 0.120. The summed E-state index contributed by atoms with van der Waals surface area (Å²) in [5.41, 5.74) is 4.16. The second kappa shape index (κ2) is 6.16. The van der Waals surface area contributed by atoms with Gasteiger partial charge in [0.1, 0.15) is 5.82 Å². The van der Waals surface area contributed by atoms with Crippen LogP contribution in [0.1, 0.15) is 28.2 Å². The van der Waals surface area contributed by atoms with Gasteiger partial charge in [-0.2, -0.15) is 5.10 Å². The summed E-state index contributed by atoms with van der Waals surface area (Å²) in [5.74, 6) is -0.405. The number of amides is 1. The van der Waals surface area contributed by atoms with Crippen LogP contribution in [0.25, 0.3) is 5.69 Å². The van der Waals surface area contributed by atoms with E-state index in [4.69, 9.17) is 0 Å². The number of para-hydroxylation sites is 1. The van der Waals surface area contributed by atoms with Crippen molar-refractivity contribution in [2.45, 2.75) is 19.3 Å². The quantitative estimate of drug-likeness (QED) is 0.731. The second-order valence-electron chi connectivity index (χ2n) is 6.22. The Morgan fingerprint density at radius 1 is 1.08 bits per heavy atom. The molecule has 0 bridgehead atoms. The molecule has 0 radical (unpaired) electrons. The van der Waals surface area contributed by atoms with Crippen molar-refractivity contribution in [1.29, 1.82) is 0 Å². The Hall–Kier alpha value is -2.95. The smallest absolute Gasteiger partial charge is 0.278 e. The number of benzene rings is 2. The van der Waals surface area contributed by atoms with E-state index in [0.717, 1.165) is 41.9 Å². The molecule has 4 nitrogen and oxygen atoms in total. The van der Waals surface area contributed by atoms with Crippen LogP contribution in [0.15, 0.2) is 54.6 Å². The van der Waals surface area contributed by atoms with Gasteiger partial charge in [0.25, 0.3) is 5.91 Å². The average molecular weight is 335 g/mol. The molecule has 126 valence electrons. The minimum atomic E-state index is -0.285. The Labute approximate surface area is 145 Å². The van der Waals surface area contributed by atoms with E-state index in [1.54, 1.807) is 28.8 Å². The highest BCUT2D eigenvalue weighted by Crippen LogP contribution is 2.29. The lowest BCUT2D eigenvalue weighted by Gasteiger charge is -2.16. The molecule has 0 aliphatic heterocycles. The van der Waals surface area contributed by atoms with Crippen molar-refractivity contribution in [1.82, 2.24) is 9.78 Å². The van der Waals surface area contributed by atoms with E-state index in [9.17, 15) is 9.18 Å². The van der Waals surface area contributed by atoms with Gasteiger partial charge in [-0.1, -0.05) is 18.2 Å². The van der Waals surface area contributed by atoms with Gasteiger partial charge in [-0.3, -0.25) is 4.79 Å². The second-order valence-corrected chi connectivity index (χ2v) is 6.22. The largest absolute Gasteiger partial charge is 0.310 e. The molecule has 0 unspecified atom stereocenters. The van der Waals surface area contributed by atoms with E-state index in [0.29, 0.717) is 5.69 Å². The van der Waals surface area contributed by atoms with Crippen LogP contribution in [-0.2, 0) is 12.8 Å². The molecule has 25 heavy (non-hydrogen) atoms. The topological polar surface area (TPSA) is 38.1 Å². The summed E-state index contributed by atoms with van der Waals surface area (Å²) < 4.78 is 15.0. The standard InChI is InChI=1S/C20H18FN3O/c1-23(15-6-3-2-4-7-15)20(25)19-17-8-5-9-18(17)24(22-19)16-12-10-14(21)11-13-16/h2-4,6-7,10-13H,5,8-9H2,1H3. The first-order valence-corrected chi connectivity index (χ1v) is 8.35. The fraction of sp³-hybridized carbons (Fsp3) is 0.200. The maximum atomic E-state index is 13.2. The Morgan fingerprint density at radius 3 is 2.52 bits per heavy atom. The molecule has 1 amide bonds. The molecule has 5 heteroatoms. The number of rotatable bonds is 3. The zero-order valence-electron chi connectivity index (χ0n) is 13.9. The zero-order valence-corrected chi connectivity index (χ0v) is 13.9. The molecule has 1 heterocycles. The highest BCUT2D eigenvalue weighted by Gasteiger charge is 2.28. The number of fused-ring (bicyclic) bond motifs is 1. The van der Waals surface area contributed by atoms with Gasteiger partial charge in [0.2, 0.25) is 0 Å². The van der Waals surface area contributed by atoms with Crippen molar-refractivity contribution in [2.24, 2.45) is 0 Å². The summed E-state index contributed by atoms with van der Waals surface area (Å²) in [7, 11) is 1.76. The summed E-state index contributed by atoms with van der Waals surface area (Å²) in [6.07, 6.45) is 2.73. The third kappa shape index (κ3) is 2.71. The SMILES string of the molecule is CN(C(=O)c1nn(-c2ccc(F)cc2)c2c1CCC2)c1ccccc1. The summed E-state index contributed by atoms with van der Waals surface area (Å²) >= 11 is 0. The summed E-state index contributed by atoms with van der Waals surface area (Å²) in [4.78, 5) is 14.6. The first-order valence-electron chi connectivity index (χ1n) is 8.35. The van der Waals surface area contributed by atoms with E-state index in [1.165, 1.54) is 12.1 Å². The number of halogens is 1. The predicted molar refractivity (Wildman–Crippen MR) is 94.7 cm³/mol. The third-order valence-corrected chi connectivity index (χ3v) is 4.65. The van der Waals surface area contributed by atoms with E-state index < -0.39 is 0 Å². The molecule has 4 rings (SSSR count). The van der Waals surface area contributed by atoms with Crippen LogP contribution in [0.2, 0.25) is 0 Å². The molecule has 0 fully saturated rings. The number of hydrogen-bond acceptors (Lipinski definition) is 2. The maximum Gasteiger partial charge on any atom is 0.278 e. The highest BCUT2D eigenvalue weighted by molar-refractivity contribution is 6.05. The molecular weight excluding hydrogens is 317 g/mol. The van der Waals surface area contributed by atoms with Crippen LogP contribution in [0.4, 0.5) is 10.1 Å². The Balaban J connectivity index is 1.75. The van der Waals surface area contributed by atoms with Crippen molar-refractivity contribution >= 4 is 11.6 Å². The van der Waals surface area contributed by atoms with Crippen LogP contribution >= 0.6 is 0 Å². The van der Waals surface area contributed by atoms with E-state index in [2.05, 4.69) is 5.10 Å². The molecule has 1 aliphatic carbocycles. The van der Waals surface area contributed by atoms with Crippen LogP contribution < -0.4 is 4.90 Å². The number of carbonyl (C=O) groups is 1. The third-order valence-electron chi connectivity index (χ3n) is 4.65. The van der Waals surface area contributed by atoms with Crippen molar-refractivity contribution in [3.63, 3.8) is 0 Å². The average Bonchev–Trinajstić information content (AvgIpc) is 3.25. The predicted octanol–water partition coefficient (Wildman–Crippen LogP) is 3.78. The molecule has 1 aliphatic rings. The van der Waals surface area contributed by atoms with Gasteiger partial charge >= 0.3 is 0 Å². The van der Waals surface area contributed by atoms with Crippen LogP contribution in [0, 0.1) is 5.82 Å². The van der Waals surface area contributed by atoms with Gasteiger partial charge in [-0.25, -0.2) is 9.07 Å². The number of aromatic nitrogens is 2. The molecule has 0 N–H and O–H groups in total. The lowest BCUT2D eigenvalue weighted by Crippen LogP contribution is -2.27. The molecule has 0 saturated heterocycles. The van der Waals surface area contributed by atoms with Gasteiger partial charge in [0.15, 0.2) is 5.69 Å². The minimum Gasteiger partial charge on any atom is -0.310 e. The van der Waals surface area contributed by atoms with Gasteiger partial charge in [-0.15, -0.1) is 0 Å². The lowest BCUT2D eigenvalue weighted by molar-refractivity contribution is 0.0987. The molecule has 3 aromatic rings. The van der Waals surface area contributed by atoms with Crippen molar-refractivity contribution < 1.29 is 9.18 Å². The van der Waals surface area contributed by atoms with Crippen LogP contribution in [0.5, 0.6) is 0 Å². The fourth-order valence-corrected chi connectivity index (χ4v) is 3.33. The molecule has 1 aromatic heterocycles. The molecule has 2 aromatic carbocycles. The molecule has 0 spiro atoms. The van der Waals surface area contributed by atoms with Crippen LogP contribution in [0.3, 0.4) is 0 Å². The Kier molecular flexibility index (Phi) is 3.84. The zero-order chi connectivity index (χ0) is 17.4. The van der Waals surface area contributed by atoms with E-state index in [1.807, 2.05) is 30.3 Å². The molecule has 0 saturated carbocycles. The summed E-state index contributed by atoms with van der Waals surface area (Å²) in [6, 6.07) is 15.7. The number of anilines is 1. The molecular formula is C20H18FN3O. The van der Waals surface area contributed by atoms with Gasteiger partial charge in [0, 0.05) is 24.0 Å². The number of nitrogens with zero attached hydrogens (tertiary/aromatic N) is 3. The van der Waals surface area contributed by atoms with E-state index in [-0.39, 0.29) is 11.7 Å². The number of hydrogen-bond donors (Lipinski definition) is 0. The van der Waals surface area contributed by atoms with Gasteiger partial charge in [0.05, 0.1) is 5.69 Å². The lowest BCUT2D eigenvalue weighted by atomic mass is 10.1. The van der Waals surface area contributed by atoms with Gasteiger partial charge in [-0.05, 0) is 55.7 Å². The molecule has 0 atom stereocenters. The normalized spacial score (nSPS) is 12.9. The maximum absolute atomic E-state index is 13.2. The van der Waals surface area contributed by atoms with Crippen molar-refractivity contribution in [2.75, 3.05) is 11.9 Å².